The van der Waals surface area contributed by atoms with Crippen molar-refractivity contribution in [2.75, 3.05) is 30.0 Å². The van der Waals surface area contributed by atoms with Crippen molar-refractivity contribution in [2.24, 2.45) is 0 Å². The zero-order valence-corrected chi connectivity index (χ0v) is 14.0. The van der Waals surface area contributed by atoms with Gasteiger partial charge in [-0.1, -0.05) is 6.07 Å². The molecule has 0 saturated heterocycles. The molecule has 3 N–H and O–H groups in total. The number of nitrogens with two attached hydrogens (primary N) is 1. The third-order valence-corrected chi connectivity index (χ3v) is 3.24. The highest BCUT2D eigenvalue weighted by molar-refractivity contribution is 6.04. The second-order valence-corrected chi connectivity index (χ2v) is 5.82. The summed E-state index contributed by atoms with van der Waals surface area (Å²) in [5.41, 5.74) is 8.73. The molecule has 1 amide bonds. The monoisotopic (exact) mass is 313 g/mol. The van der Waals surface area contributed by atoms with Crippen LogP contribution in [0.25, 0.3) is 0 Å². The van der Waals surface area contributed by atoms with Gasteiger partial charge in [-0.2, -0.15) is 0 Å². The summed E-state index contributed by atoms with van der Waals surface area (Å²) in [5, 5.41) is 2.85. The summed E-state index contributed by atoms with van der Waals surface area (Å²) >= 11 is 0. The van der Waals surface area contributed by atoms with Crippen molar-refractivity contribution < 1.29 is 9.53 Å². The molecule has 0 atom stereocenters. The van der Waals surface area contributed by atoms with E-state index in [4.69, 9.17) is 10.5 Å². The zero-order chi connectivity index (χ0) is 17.0. The molecule has 0 spiro atoms. The van der Waals surface area contributed by atoms with Crippen molar-refractivity contribution >= 4 is 23.0 Å². The third-order valence-electron chi connectivity index (χ3n) is 3.24. The summed E-state index contributed by atoms with van der Waals surface area (Å²) in [6, 6.07) is 12.6. The maximum atomic E-state index is 12.4. The van der Waals surface area contributed by atoms with Crippen LogP contribution in [0.15, 0.2) is 42.5 Å². The van der Waals surface area contributed by atoms with Gasteiger partial charge in [0.1, 0.15) is 5.75 Å². The van der Waals surface area contributed by atoms with Gasteiger partial charge in [0.05, 0.1) is 17.5 Å². The van der Waals surface area contributed by atoms with Gasteiger partial charge in [-0.05, 0) is 50.2 Å². The quantitative estimate of drug-likeness (QED) is 0.831. The molecular weight excluding hydrogens is 290 g/mol. The van der Waals surface area contributed by atoms with Gasteiger partial charge in [0.25, 0.3) is 5.91 Å². The molecule has 0 aliphatic heterocycles. The maximum Gasteiger partial charge on any atom is 0.255 e. The highest BCUT2D eigenvalue weighted by atomic mass is 16.5. The van der Waals surface area contributed by atoms with Crippen LogP contribution >= 0.6 is 0 Å². The number of nitrogen functional groups attached to an aromatic ring is 1. The fourth-order valence-corrected chi connectivity index (χ4v) is 2.23. The summed E-state index contributed by atoms with van der Waals surface area (Å²) in [7, 11) is 3.84. The minimum absolute atomic E-state index is 0.0617. The second-order valence-electron chi connectivity index (χ2n) is 5.82. The molecular formula is C18H23N3O2. The van der Waals surface area contributed by atoms with E-state index in [2.05, 4.69) is 5.32 Å². The number of nitrogens with one attached hydrogen (secondary N) is 1. The van der Waals surface area contributed by atoms with Gasteiger partial charge in [0, 0.05) is 25.3 Å². The number of amides is 1. The number of carbonyl (C=O) groups is 1. The summed E-state index contributed by atoms with van der Waals surface area (Å²) in [4.78, 5) is 14.3. The molecule has 0 aliphatic rings. The first-order chi connectivity index (χ1) is 10.9. The molecule has 0 fully saturated rings. The van der Waals surface area contributed by atoms with Crippen LogP contribution in [0, 0.1) is 0 Å². The summed E-state index contributed by atoms with van der Waals surface area (Å²) in [6.45, 7) is 3.89. The summed E-state index contributed by atoms with van der Waals surface area (Å²) in [5.74, 6) is 0.478. The van der Waals surface area contributed by atoms with E-state index in [1.807, 2.05) is 51.0 Å². The summed E-state index contributed by atoms with van der Waals surface area (Å²) in [6.07, 6.45) is 0.0617. The lowest BCUT2D eigenvalue weighted by Gasteiger charge is -2.16. The fraction of sp³-hybridized carbons (Fsp3) is 0.278. The third kappa shape index (κ3) is 4.39. The molecule has 2 rings (SSSR count). The van der Waals surface area contributed by atoms with E-state index < -0.39 is 0 Å². The van der Waals surface area contributed by atoms with Gasteiger partial charge in [-0.3, -0.25) is 4.79 Å². The predicted octanol–water partition coefficient (Wildman–Crippen LogP) is 3.37. The normalized spacial score (nSPS) is 10.5. The molecule has 23 heavy (non-hydrogen) atoms. The van der Waals surface area contributed by atoms with Gasteiger partial charge in [0.15, 0.2) is 0 Å². The Balaban J connectivity index is 2.14. The lowest BCUT2D eigenvalue weighted by molar-refractivity contribution is 0.102. The number of carbonyl (C=O) groups excluding carboxylic acids is 1. The van der Waals surface area contributed by atoms with E-state index in [-0.39, 0.29) is 12.0 Å². The highest BCUT2D eigenvalue weighted by Gasteiger charge is 2.09. The van der Waals surface area contributed by atoms with Gasteiger partial charge in [-0.25, -0.2) is 0 Å². The van der Waals surface area contributed by atoms with Crippen molar-refractivity contribution in [2.45, 2.75) is 20.0 Å². The molecule has 2 aromatic carbocycles. The van der Waals surface area contributed by atoms with Crippen LogP contribution in [0.4, 0.5) is 17.1 Å². The van der Waals surface area contributed by atoms with Crippen LogP contribution in [0.2, 0.25) is 0 Å². The lowest BCUT2D eigenvalue weighted by atomic mass is 10.2. The number of hydrogen-bond donors (Lipinski definition) is 2. The minimum Gasteiger partial charge on any atom is -0.491 e. The van der Waals surface area contributed by atoms with Crippen molar-refractivity contribution in [3.8, 4) is 5.75 Å². The molecule has 2 aromatic rings. The number of rotatable bonds is 5. The topological polar surface area (TPSA) is 67.6 Å². The van der Waals surface area contributed by atoms with E-state index in [0.717, 1.165) is 5.69 Å². The van der Waals surface area contributed by atoms with E-state index in [1.165, 1.54) is 0 Å². The first-order valence-electron chi connectivity index (χ1n) is 7.51. The van der Waals surface area contributed by atoms with E-state index >= 15 is 0 Å². The van der Waals surface area contributed by atoms with Gasteiger partial charge in [-0.15, -0.1) is 0 Å². The van der Waals surface area contributed by atoms with Crippen LogP contribution in [-0.2, 0) is 0 Å². The van der Waals surface area contributed by atoms with Gasteiger partial charge in [0.2, 0.25) is 0 Å². The average molecular weight is 313 g/mol. The predicted molar refractivity (Wildman–Crippen MR) is 95.3 cm³/mol. The van der Waals surface area contributed by atoms with Crippen LogP contribution in [-0.4, -0.2) is 26.1 Å². The molecule has 5 heteroatoms. The number of benzene rings is 2. The average Bonchev–Trinajstić information content (AvgIpc) is 2.46. The smallest absolute Gasteiger partial charge is 0.255 e. The number of hydrogen-bond acceptors (Lipinski definition) is 4. The first kappa shape index (κ1) is 16.7. The molecule has 0 aliphatic carbocycles. The van der Waals surface area contributed by atoms with Crippen molar-refractivity contribution in [1.82, 2.24) is 0 Å². The second kappa shape index (κ2) is 7.05. The van der Waals surface area contributed by atoms with E-state index in [1.54, 1.807) is 24.3 Å². The minimum atomic E-state index is -0.198. The highest BCUT2D eigenvalue weighted by Crippen LogP contribution is 2.25. The Morgan fingerprint density at radius 3 is 2.52 bits per heavy atom. The Hall–Kier alpha value is -2.69. The summed E-state index contributed by atoms with van der Waals surface area (Å²) < 4.78 is 5.61. The molecule has 5 nitrogen and oxygen atoms in total. The SMILES string of the molecule is CC(C)Oc1cccc(C(=O)Nc2ccc(N(C)C)c(N)c2)c1. The Labute approximate surface area is 137 Å². The fourth-order valence-electron chi connectivity index (χ4n) is 2.23. The largest absolute Gasteiger partial charge is 0.491 e. The van der Waals surface area contributed by atoms with E-state index in [0.29, 0.717) is 22.7 Å². The molecule has 122 valence electrons. The maximum absolute atomic E-state index is 12.4. The molecule has 0 radical (unpaired) electrons. The van der Waals surface area contributed by atoms with Crippen LogP contribution in [0.5, 0.6) is 5.75 Å². The van der Waals surface area contributed by atoms with Gasteiger partial charge < -0.3 is 20.7 Å². The molecule has 0 unspecified atom stereocenters. The first-order valence-corrected chi connectivity index (χ1v) is 7.51. The number of nitrogens with zero attached hydrogens (tertiary/aromatic N) is 1. The van der Waals surface area contributed by atoms with Crippen molar-refractivity contribution in [1.29, 1.82) is 0 Å². The number of ether oxygens (including phenoxy) is 1. The zero-order valence-electron chi connectivity index (χ0n) is 14.0. The Kier molecular flexibility index (Phi) is 5.11. The molecule has 0 bridgehead atoms. The van der Waals surface area contributed by atoms with Crippen molar-refractivity contribution in [3.05, 3.63) is 48.0 Å². The molecule has 0 saturated carbocycles. The molecule has 0 aromatic heterocycles. The number of anilines is 3. The van der Waals surface area contributed by atoms with Crippen LogP contribution in [0.1, 0.15) is 24.2 Å². The van der Waals surface area contributed by atoms with Gasteiger partial charge >= 0.3 is 0 Å². The standard InChI is InChI=1S/C18H23N3O2/c1-12(2)23-15-7-5-6-13(10-15)18(22)20-14-8-9-17(21(3)4)16(19)11-14/h5-12H,19H2,1-4H3,(H,20,22). The van der Waals surface area contributed by atoms with Crippen molar-refractivity contribution in [3.63, 3.8) is 0 Å². The van der Waals surface area contributed by atoms with Crippen LogP contribution < -0.4 is 20.7 Å². The molecule has 0 heterocycles. The lowest BCUT2D eigenvalue weighted by Crippen LogP contribution is -2.14. The van der Waals surface area contributed by atoms with Crippen LogP contribution in [0.3, 0.4) is 0 Å². The van der Waals surface area contributed by atoms with E-state index in [9.17, 15) is 4.79 Å². The Morgan fingerprint density at radius 1 is 1.17 bits per heavy atom. The Bertz CT molecular complexity index is 696. The Morgan fingerprint density at radius 2 is 1.91 bits per heavy atom.